The van der Waals surface area contributed by atoms with Gasteiger partial charge in [0.2, 0.25) is 11.8 Å². The summed E-state index contributed by atoms with van der Waals surface area (Å²) in [6, 6.07) is 12.9. The van der Waals surface area contributed by atoms with Gasteiger partial charge in [0.15, 0.2) is 0 Å². The normalized spacial score (nSPS) is 18.1. The summed E-state index contributed by atoms with van der Waals surface area (Å²) >= 11 is 5.97. The first-order valence-electron chi connectivity index (χ1n) is 8.46. The number of methoxy groups -OCH3 is 1. The lowest BCUT2D eigenvalue weighted by Gasteiger charge is -2.11. The molecule has 0 aromatic heterocycles. The molecule has 1 saturated carbocycles. The van der Waals surface area contributed by atoms with E-state index in [2.05, 4.69) is 10.6 Å². The lowest BCUT2D eigenvalue weighted by Crippen LogP contribution is -2.27. The summed E-state index contributed by atoms with van der Waals surface area (Å²) in [6.45, 7) is 2.48. The fourth-order valence-corrected chi connectivity index (χ4v) is 3.07. The van der Waals surface area contributed by atoms with E-state index in [4.69, 9.17) is 16.3 Å². The Kier molecular flexibility index (Phi) is 5.47. The number of benzene rings is 2. The zero-order chi connectivity index (χ0) is 18.7. The molecule has 5 nitrogen and oxygen atoms in total. The number of carbonyl (C=O) groups is 2. The quantitative estimate of drug-likeness (QED) is 0.814. The Labute approximate surface area is 157 Å². The van der Waals surface area contributed by atoms with Gasteiger partial charge in [-0.3, -0.25) is 9.59 Å². The topological polar surface area (TPSA) is 67.4 Å². The van der Waals surface area contributed by atoms with Crippen molar-refractivity contribution in [3.63, 3.8) is 0 Å². The van der Waals surface area contributed by atoms with E-state index in [1.54, 1.807) is 18.2 Å². The highest BCUT2D eigenvalue weighted by molar-refractivity contribution is 6.31. The summed E-state index contributed by atoms with van der Waals surface area (Å²) in [6.07, 6.45) is 0.550. The standard InChI is InChI=1S/C20H21ClN2O3/c1-12-5-3-4-6-13(12)11-22-19(24)15-10-16(15)20(25)23-17-9-14(21)7-8-18(17)26-2/h3-9,15-16H,10-11H2,1-2H3,(H,22,24)(H,23,25). The van der Waals surface area contributed by atoms with Crippen LogP contribution in [0.5, 0.6) is 5.75 Å². The van der Waals surface area contributed by atoms with E-state index < -0.39 is 0 Å². The molecule has 2 atom stereocenters. The number of halogens is 1. The van der Waals surface area contributed by atoms with Gasteiger partial charge in [-0.05, 0) is 42.7 Å². The molecule has 0 aliphatic heterocycles. The number of hydrogen-bond donors (Lipinski definition) is 2. The van der Waals surface area contributed by atoms with Gasteiger partial charge in [-0.2, -0.15) is 0 Å². The minimum atomic E-state index is -0.324. The second-order valence-corrected chi connectivity index (χ2v) is 6.86. The summed E-state index contributed by atoms with van der Waals surface area (Å²) in [5.41, 5.74) is 2.72. The average molecular weight is 373 g/mol. The minimum Gasteiger partial charge on any atom is -0.495 e. The predicted molar refractivity (Wildman–Crippen MR) is 101 cm³/mol. The maximum atomic E-state index is 12.4. The third kappa shape index (κ3) is 4.17. The summed E-state index contributed by atoms with van der Waals surface area (Å²) in [5, 5.41) is 6.23. The zero-order valence-corrected chi connectivity index (χ0v) is 15.5. The maximum Gasteiger partial charge on any atom is 0.228 e. The zero-order valence-electron chi connectivity index (χ0n) is 14.7. The van der Waals surface area contributed by atoms with Crippen molar-refractivity contribution >= 4 is 29.1 Å². The van der Waals surface area contributed by atoms with Gasteiger partial charge in [0, 0.05) is 11.6 Å². The van der Waals surface area contributed by atoms with E-state index in [1.165, 1.54) is 7.11 Å². The van der Waals surface area contributed by atoms with Gasteiger partial charge in [0.05, 0.1) is 24.6 Å². The van der Waals surface area contributed by atoms with Crippen molar-refractivity contribution in [2.75, 3.05) is 12.4 Å². The largest absolute Gasteiger partial charge is 0.495 e. The molecular formula is C20H21ClN2O3. The highest BCUT2D eigenvalue weighted by Gasteiger charge is 2.48. The first-order chi connectivity index (χ1) is 12.5. The molecule has 2 aromatic rings. The van der Waals surface area contributed by atoms with Crippen LogP contribution in [0.4, 0.5) is 5.69 Å². The number of aryl methyl sites for hydroxylation is 1. The summed E-state index contributed by atoms with van der Waals surface area (Å²) < 4.78 is 5.22. The van der Waals surface area contributed by atoms with E-state index >= 15 is 0 Å². The lowest BCUT2D eigenvalue weighted by molar-refractivity contribution is -0.125. The van der Waals surface area contributed by atoms with Gasteiger partial charge in [-0.15, -0.1) is 0 Å². The number of carbonyl (C=O) groups excluding carboxylic acids is 2. The molecule has 2 aromatic carbocycles. The first-order valence-corrected chi connectivity index (χ1v) is 8.84. The van der Waals surface area contributed by atoms with Crippen molar-refractivity contribution in [3.8, 4) is 5.75 Å². The van der Waals surface area contributed by atoms with E-state index in [-0.39, 0.29) is 23.7 Å². The molecule has 2 unspecified atom stereocenters. The van der Waals surface area contributed by atoms with Gasteiger partial charge >= 0.3 is 0 Å². The fourth-order valence-electron chi connectivity index (χ4n) is 2.90. The monoisotopic (exact) mass is 372 g/mol. The molecule has 1 fully saturated rings. The highest BCUT2D eigenvalue weighted by Crippen LogP contribution is 2.40. The number of nitrogens with one attached hydrogen (secondary N) is 2. The second kappa shape index (κ2) is 7.79. The van der Waals surface area contributed by atoms with Crippen LogP contribution >= 0.6 is 11.6 Å². The third-order valence-corrected chi connectivity index (χ3v) is 4.83. The molecular weight excluding hydrogens is 352 g/mol. The van der Waals surface area contributed by atoms with E-state index in [1.807, 2.05) is 31.2 Å². The van der Waals surface area contributed by atoms with Crippen LogP contribution in [0, 0.1) is 18.8 Å². The molecule has 2 N–H and O–H groups in total. The van der Waals surface area contributed by atoms with Crippen LogP contribution in [0.3, 0.4) is 0 Å². The highest BCUT2D eigenvalue weighted by atomic mass is 35.5. The molecule has 1 aliphatic rings. The van der Waals surface area contributed by atoms with Crippen LogP contribution in [-0.4, -0.2) is 18.9 Å². The van der Waals surface area contributed by atoms with Crippen LogP contribution in [0.1, 0.15) is 17.5 Å². The third-order valence-electron chi connectivity index (χ3n) is 4.60. The molecule has 6 heteroatoms. The van der Waals surface area contributed by atoms with E-state index in [0.717, 1.165) is 11.1 Å². The number of amides is 2. The Hall–Kier alpha value is -2.53. The summed E-state index contributed by atoms with van der Waals surface area (Å²) in [5.74, 6) is -0.364. The number of rotatable bonds is 6. The van der Waals surface area contributed by atoms with Crippen molar-refractivity contribution in [2.24, 2.45) is 11.8 Å². The van der Waals surface area contributed by atoms with Crippen LogP contribution in [-0.2, 0) is 16.1 Å². The van der Waals surface area contributed by atoms with Crippen LogP contribution in [0.2, 0.25) is 5.02 Å². The summed E-state index contributed by atoms with van der Waals surface area (Å²) in [7, 11) is 1.53. The molecule has 0 heterocycles. The number of hydrogen-bond acceptors (Lipinski definition) is 3. The van der Waals surface area contributed by atoms with Crippen molar-refractivity contribution in [1.29, 1.82) is 0 Å². The molecule has 26 heavy (non-hydrogen) atoms. The smallest absolute Gasteiger partial charge is 0.228 e. The minimum absolute atomic E-state index is 0.0912. The van der Waals surface area contributed by atoms with E-state index in [9.17, 15) is 9.59 Å². The molecule has 0 radical (unpaired) electrons. The van der Waals surface area contributed by atoms with Crippen LogP contribution in [0.15, 0.2) is 42.5 Å². The van der Waals surface area contributed by atoms with Crippen LogP contribution in [0.25, 0.3) is 0 Å². The molecule has 3 rings (SSSR count). The van der Waals surface area contributed by atoms with Crippen molar-refractivity contribution in [2.45, 2.75) is 19.9 Å². The average Bonchev–Trinajstić information content (AvgIpc) is 3.42. The lowest BCUT2D eigenvalue weighted by atomic mass is 10.1. The summed E-state index contributed by atoms with van der Waals surface area (Å²) in [4.78, 5) is 24.7. The van der Waals surface area contributed by atoms with Crippen molar-refractivity contribution in [1.82, 2.24) is 5.32 Å². The Balaban J connectivity index is 1.55. The molecule has 136 valence electrons. The van der Waals surface area contributed by atoms with Crippen molar-refractivity contribution in [3.05, 3.63) is 58.6 Å². The number of anilines is 1. The van der Waals surface area contributed by atoms with Gasteiger partial charge in [0.25, 0.3) is 0 Å². The number of ether oxygens (including phenoxy) is 1. The molecule has 0 bridgehead atoms. The van der Waals surface area contributed by atoms with Crippen LogP contribution < -0.4 is 15.4 Å². The molecule has 1 aliphatic carbocycles. The predicted octanol–water partition coefficient (Wildman–Crippen LogP) is 3.55. The first kappa shape index (κ1) is 18.3. The Bertz CT molecular complexity index is 838. The Morgan fingerprint density at radius 2 is 1.88 bits per heavy atom. The Morgan fingerprint density at radius 1 is 1.15 bits per heavy atom. The fraction of sp³-hybridized carbons (Fsp3) is 0.300. The van der Waals surface area contributed by atoms with E-state index in [0.29, 0.717) is 29.4 Å². The van der Waals surface area contributed by atoms with Gasteiger partial charge in [-0.1, -0.05) is 35.9 Å². The SMILES string of the molecule is COc1ccc(Cl)cc1NC(=O)C1CC1C(=O)NCc1ccccc1C. The Morgan fingerprint density at radius 3 is 2.62 bits per heavy atom. The molecule has 0 spiro atoms. The molecule has 0 saturated heterocycles. The van der Waals surface area contributed by atoms with Crippen molar-refractivity contribution < 1.29 is 14.3 Å². The maximum absolute atomic E-state index is 12.4. The van der Waals surface area contributed by atoms with Gasteiger partial charge in [0.1, 0.15) is 5.75 Å². The molecule has 2 amide bonds. The van der Waals surface area contributed by atoms with Gasteiger partial charge < -0.3 is 15.4 Å². The second-order valence-electron chi connectivity index (χ2n) is 6.43. The van der Waals surface area contributed by atoms with Gasteiger partial charge in [-0.25, -0.2) is 0 Å².